The Morgan fingerprint density at radius 3 is 2.08 bits per heavy atom. The van der Waals surface area contributed by atoms with Crippen LogP contribution in [0.5, 0.6) is 23.0 Å². The second-order valence-electron chi connectivity index (χ2n) is 4.95. The first kappa shape index (κ1) is 19.2. The Morgan fingerprint density at radius 2 is 1.58 bits per heavy atom. The molecular formula is C17H15F3O6. The fourth-order valence-corrected chi connectivity index (χ4v) is 2.45. The number of ether oxygens (including phenoxy) is 4. The number of rotatable bonds is 6. The van der Waals surface area contributed by atoms with Crippen LogP contribution in [0.15, 0.2) is 30.3 Å². The summed E-state index contributed by atoms with van der Waals surface area (Å²) in [5, 5.41) is 9.41. The van der Waals surface area contributed by atoms with Gasteiger partial charge in [-0.05, 0) is 23.8 Å². The molecule has 0 aromatic heterocycles. The van der Waals surface area contributed by atoms with E-state index < -0.39 is 18.1 Å². The molecule has 0 saturated carbocycles. The van der Waals surface area contributed by atoms with Crippen LogP contribution in [0.2, 0.25) is 0 Å². The Hall–Kier alpha value is -3.10. The molecule has 0 saturated heterocycles. The maximum atomic E-state index is 12.4. The van der Waals surface area contributed by atoms with Gasteiger partial charge in [-0.3, -0.25) is 0 Å². The molecule has 9 heteroatoms. The molecule has 0 aliphatic rings. The smallest absolute Gasteiger partial charge is 0.492 e. The molecule has 2 rings (SSSR count). The molecule has 0 bridgehead atoms. The Kier molecular flexibility index (Phi) is 5.49. The first-order valence-corrected chi connectivity index (χ1v) is 7.14. The molecule has 0 amide bonds. The number of methoxy groups -OCH3 is 3. The number of aromatic carboxylic acids is 1. The molecule has 0 spiro atoms. The van der Waals surface area contributed by atoms with E-state index in [9.17, 15) is 23.1 Å². The van der Waals surface area contributed by atoms with Crippen molar-refractivity contribution in [2.75, 3.05) is 21.3 Å². The van der Waals surface area contributed by atoms with Crippen LogP contribution in [0.1, 0.15) is 10.4 Å². The van der Waals surface area contributed by atoms with E-state index in [2.05, 4.69) is 4.74 Å². The summed E-state index contributed by atoms with van der Waals surface area (Å²) >= 11 is 0. The molecule has 2 aromatic carbocycles. The minimum atomic E-state index is -4.85. The van der Waals surface area contributed by atoms with Gasteiger partial charge in [0.05, 0.1) is 21.3 Å². The summed E-state index contributed by atoms with van der Waals surface area (Å²) in [7, 11) is 3.87. The van der Waals surface area contributed by atoms with Crippen molar-refractivity contribution in [2.24, 2.45) is 0 Å². The number of carboxylic acids is 1. The second kappa shape index (κ2) is 7.42. The van der Waals surface area contributed by atoms with Gasteiger partial charge < -0.3 is 24.1 Å². The van der Waals surface area contributed by atoms with Crippen molar-refractivity contribution in [3.05, 3.63) is 35.9 Å². The zero-order valence-corrected chi connectivity index (χ0v) is 14.0. The van der Waals surface area contributed by atoms with Crippen molar-refractivity contribution in [1.82, 2.24) is 0 Å². The van der Waals surface area contributed by atoms with Crippen LogP contribution < -0.4 is 18.9 Å². The molecule has 0 fully saturated rings. The summed E-state index contributed by atoms with van der Waals surface area (Å²) < 4.78 is 56.8. The third kappa shape index (κ3) is 3.93. The number of hydrogen-bond acceptors (Lipinski definition) is 5. The average Bonchev–Trinajstić information content (AvgIpc) is 2.58. The van der Waals surface area contributed by atoms with E-state index >= 15 is 0 Å². The molecule has 0 aliphatic carbocycles. The van der Waals surface area contributed by atoms with Crippen molar-refractivity contribution < 1.29 is 42.0 Å². The first-order chi connectivity index (χ1) is 12.2. The van der Waals surface area contributed by atoms with Gasteiger partial charge in [0.1, 0.15) is 11.3 Å². The predicted molar refractivity (Wildman–Crippen MR) is 85.2 cm³/mol. The van der Waals surface area contributed by atoms with E-state index in [1.54, 1.807) is 0 Å². The monoisotopic (exact) mass is 372 g/mol. The van der Waals surface area contributed by atoms with Crippen LogP contribution in [0, 0.1) is 0 Å². The highest BCUT2D eigenvalue weighted by molar-refractivity contribution is 5.96. The summed E-state index contributed by atoms with van der Waals surface area (Å²) in [4.78, 5) is 11.5. The van der Waals surface area contributed by atoms with Gasteiger partial charge in [0.2, 0.25) is 5.75 Å². The average molecular weight is 372 g/mol. The van der Waals surface area contributed by atoms with E-state index in [0.29, 0.717) is 0 Å². The third-order valence-corrected chi connectivity index (χ3v) is 3.41. The summed E-state index contributed by atoms with van der Waals surface area (Å²) in [6.45, 7) is 0. The fourth-order valence-electron chi connectivity index (χ4n) is 2.45. The van der Waals surface area contributed by atoms with E-state index in [1.165, 1.54) is 39.5 Å². The standard InChI is InChI=1S/C17H15F3O6/c1-23-13-11(8-12(16(21)22)14(24-2)15(13)25-3)9-5-4-6-10(7-9)26-17(18,19)20/h4-8H,1-3H3,(H,21,22). The Balaban J connectivity index is 2.71. The molecule has 1 N–H and O–H groups in total. The molecule has 0 atom stereocenters. The van der Waals surface area contributed by atoms with Gasteiger partial charge in [-0.1, -0.05) is 12.1 Å². The van der Waals surface area contributed by atoms with Crippen LogP contribution in [-0.2, 0) is 0 Å². The molecule has 0 aliphatic heterocycles. The minimum absolute atomic E-state index is 0.00652. The molecule has 6 nitrogen and oxygen atoms in total. The first-order valence-electron chi connectivity index (χ1n) is 7.14. The molecule has 0 radical (unpaired) electrons. The molecule has 2 aromatic rings. The molecule has 0 heterocycles. The normalized spacial score (nSPS) is 11.0. The number of alkyl halides is 3. The minimum Gasteiger partial charge on any atom is -0.492 e. The van der Waals surface area contributed by atoms with Crippen LogP contribution in [-0.4, -0.2) is 38.8 Å². The van der Waals surface area contributed by atoms with E-state index in [4.69, 9.17) is 14.2 Å². The van der Waals surface area contributed by atoms with E-state index in [1.807, 2.05) is 0 Å². The number of benzene rings is 2. The maximum Gasteiger partial charge on any atom is 0.573 e. The zero-order chi connectivity index (χ0) is 19.5. The third-order valence-electron chi connectivity index (χ3n) is 3.41. The summed E-state index contributed by atoms with van der Waals surface area (Å²) in [5.41, 5.74) is 0.213. The van der Waals surface area contributed by atoms with Crippen molar-refractivity contribution in [2.45, 2.75) is 6.36 Å². The van der Waals surface area contributed by atoms with Gasteiger partial charge >= 0.3 is 12.3 Å². The zero-order valence-electron chi connectivity index (χ0n) is 14.0. The number of halogens is 3. The lowest BCUT2D eigenvalue weighted by molar-refractivity contribution is -0.274. The Morgan fingerprint density at radius 1 is 0.962 bits per heavy atom. The van der Waals surface area contributed by atoms with Crippen LogP contribution in [0.3, 0.4) is 0 Å². The van der Waals surface area contributed by atoms with Gasteiger partial charge in [-0.15, -0.1) is 13.2 Å². The largest absolute Gasteiger partial charge is 0.573 e. The lowest BCUT2D eigenvalue weighted by atomic mass is 9.99. The van der Waals surface area contributed by atoms with Crippen LogP contribution in [0.4, 0.5) is 13.2 Å². The van der Waals surface area contributed by atoms with Gasteiger partial charge in [0.25, 0.3) is 0 Å². The lowest BCUT2D eigenvalue weighted by Crippen LogP contribution is -2.17. The number of carboxylic acid groups (broad SMARTS) is 1. The van der Waals surface area contributed by atoms with Crippen molar-refractivity contribution in [3.8, 4) is 34.1 Å². The summed E-state index contributed by atoms with van der Waals surface area (Å²) in [6.07, 6.45) is -4.85. The van der Waals surface area contributed by atoms with Gasteiger partial charge in [-0.25, -0.2) is 4.79 Å². The van der Waals surface area contributed by atoms with Crippen molar-refractivity contribution in [3.63, 3.8) is 0 Å². The second-order valence-corrected chi connectivity index (χ2v) is 4.95. The molecule has 140 valence electrons. The highest BCUT2D eigenvalue weighted by Gasteiger charge is 2.31. The van der Waals surface area contributed by atoms with E-state index in [-0.39, 0.29) is 33.9 Å². The molecule has 0 unspecified atom stereocenters. The number of hydrogen-bond donors (Lipinski definition) is 1. The maximum absolute atomic E-state index is 12.4. The van der Waals surface area contributed by atoms with E-state index in [0.717, 1.165) is 12.1 Å². The fraction of sp³-hybridized carbons (Fsp3) is 0.235. The summed E-state index contributed by atoms with van der Waals surface area (Å²) in [6, 6.07) is 6.30. The number of carbonyl (C=O) groups is 1. The Bertz CT molecular complexity index is 817. The van der Waals surface area contributed by atoms with Crippen LogP contribution >= 0.6 is 0 Å². The predicted octanol–water partition coefficient (Wildman–Crippen LogP) is 3.98. The van der Waals surface area contributed by atoms with Gasteiger partial charge in [-0.2, -0.15) is 0 Å². The highest BCUT2D eigenvalue weighted by atomic mass is 19.4. The van der Waals surface area contributed by atoms with Crippen LogP contribution in [0.25, 0.3) is 11.1 Å². The van der Waals surface area contributed by atoms with Gasteiger partial charge in [0.15, 0.2) is 11.5 Å². The van der Waals surface area contributed by atoms with Crippen molar-refractivity contribution in [1.29, 1.82) is 0 Å². The summed E-state index contributed by atoms with van der Waals surface area (Å²) in [5.74, 6) is -1.70. The Labute approximate surface area is 146 Å². The van der Waals surface area contributed by atoms with Crippen molar-refractivity contribution >= 4 is 5.97 Å². The lowest BCUT2D eigenvalue weighted by Gasteiger charge is -2.18. The molecular weight excluding hydrogens is 357 g/mol. The van der Waals surface area contributed by atoms with Gasteiger partial charge in [0, 0.05) is 5.56 Å². The SMILES string of the molecule is COc1c(C(=O)O)cc(-c2cccc(OC(F)(F)F)c2)c(OC)c1OC. The highest BCUT2D eigenvalue weighted by Crippen LogP contribution is 2.47. The molecule has 26 heavy (non-hydrogen) atoms. The topological polar surface area (TPSA) is 74.2 Å². The quantitative estimate of drug-likeness (QED) is 0.827.